The average Bonchev–Trinajstić information content (AvgIpc) is 3.48. The number of aromatic nitrogens is 1. The Morgan fingerprint density at radius 2 is 1.63 bits per heavy atom. The number of carbonyl (C=O) groups is 2. The minimum atomic E-state index is -1.40. The number of hydrogen-bond donors (Lipinski definition) is 3. The molecule has 43 heavy (non-hydrogen) atoms. The molecule has 7 nitrogen and oxygen atoms in total. The van der Waals surface area contributed by atoms with Crippen LogP contribution < -0.4 is 16.0 Å². The van der Waals surface area contributed by atoms with E-state index >= 15 is 0 Å². The first-order valence-electron chi connectivity index (χ1n) is 14.9. The molecule has 1 atom stereocenters. The lowest BCUT2D eigenvalue weighted by Crippen LogP contribution is -2.55. The van der Waals surface area contributed by atoms with E-state index in [-0.39, 0.29) is 6.42 Å². The topological polar surface area (TPSA) is 109 Å². The van der Waals surface area contributed by atoms with Gasteiger partial charge in [0.1, 0.15) is 5.54 Å². The fourth-order valence-electron chi connectivity index (χ4n) is 5.53. The van der Waals surface area contributed by atoms with Gasteiger partial charge in [-0.05, 0) is 61.4 Å². The molecule has 3 aromatic carbocycles. The Labute approximate surface area is 258 Å². The number of aliphatic carboxylic acids is 1. The predicted molar refractivity (Wildman–Crippen MR) is 175 cm³/mol. The van der Waals surface area contributed by atoms with Crippen LogP contribution in [0.4, 0.5) is 5.69 Å². The van der Waals surface area contributed by atoms with Gasteiger partial charge in [-0.1, -0.05) is 80.6 Å². The van der Waals surface area contributed by atoms with Gasteiger partial charge in [-0.2, -0.15) is 0 Å². The fourth-order valence-corrected chi connectivity index (χ4v) is 6.42. The first-order chi connectivity index (χ1) is 20.7. The first-order valence-corrected chi connectivity index (χ1v) is 15.8. The molecule has 0 spiro atoms. The predicted octanol–water partition coefficient (Wildman–Crippen LogP) is 6.73. The molecule has 4 N–H and O–H groups in total. The summed E-state index contributed by atoms with van der Waals surface area (Å²) in [5.74, 6) is -1.12. The summed E-state index contributed by atoms with van der Waals surface area (Å²) in [7, 11) is 0. The molecule has 0 aliphatic carbocycles. The lowest BCUT2D eigenvalue weighted by atomic mass is 9.85. The quantitative estimate of drug-likeness (QED) is 0.140. The standard InChI is InChI=1S/C35H42N4O3S/c1-5-26(6-2)27-16-18-30(19-17-27)39(24(3)4)22-25-12-14-28(15-13-25)31-23-43-32(38-31)20-35(34(36)42,37-21-33(40)41)29-10-8-7-9-11-29/h7-19,23-24,26,37H,5-6,20-22H2,1-4H3,(H2,36,42)(H,40,41). The van der Waals surface area contributed by atoms with E-state index in [0.717, 1.165) is 30.6 Å². The van der Waals surface area contributed by atoms with Gasteiger partial charge in [0.15, 0.2) is 0 Å². The number of primary amides is 1. The molecular weight excluding hydrogens is 556 g/mol. The van der Waals surface area contributed by atoms with Gasteiger partial charge in [0.25, 0.3) is 0 Å². The van der Waals surface area contributed by atoms with E-state index in [1.165, 1.54) is 28.2 Å². The molecular formula is C35H42N4O3S. The van der Waals surface area contributed by atoms with Crippen LogP contribution in [0, 0.1) is 0 Å². The molecule has 1 aromatic heterocycles. The van der Waals surface area contributed by atoms with Crippen LogP contribution in [0.25, 0.3) is 11.3 Å². The van der Waals surface area contributed by atoms with E-state index in [0.29, 0.717) is 22.5 Å². The minimum absolute atomic E-state index is 0.141. The van der Waals surface area contributed by atoms with Gasteiger partial charge >= 0.3 is 5.97 Å². The molecule has 0 bridgehead atoms. The van der Waals surface area contributed by atoms with Crippen LogP contribution in [0.1, 0.15) is 68.2 Å². The molecule has 0 aliphatic rings. The monoisotopic (exact) mass is 598 g/mol. The van der Waals surface area contributed by atoms with Crippen LogP contribution in [0.2, 0.25) is 0 Å². The SMILES string of the molecule is CCC(CC)c1ccc(N(Cc2ccc(-c3csc(CC(NCC(=O)O)(C(N)=O)c4ccccc4)n3)cc2)C(C)C)cc1. The van der Waals surface area contributed by atoms with E-state index in [4.69, 9.17) is 10.7 Å². The molecule has 0 saturated carbocycles. The molecule has 0 radical (unpaired) electrons. The third-order valence-electron chi connectivity index (χ3n) is 8.10. The van der Waals surface area contributed by atoms with Crippen molar-refractivity contribution in [3.8, 4) is 11.3 Å². The summed E-state index contributed by atoms with van der Waals surface area (Å²) in [4.78, 5) is 31.4. The lowest BCUT2D eigenvalue weighted by molar-refractivity contribution is -0.136. The maximum Gasteiger partial charge on any atom is 0.317 e. The van der Waals surface area contributed by atoms with Gasteiger partial charge in [-0.25, -0.2) is 4.98 Å². The Morgan fingerprint density at radius 3 is 2.19 bits per heavy atom. The van der Waals surface area contributed by atoms with Crippen molar-refractivity contribution in [2.75, 3.05) is 11.4 Å². The van der Waals surface area contributed by atoms with Gasteiger partial charge in [0.2, 0.25) is 5.91 Å². The second kappa shape index (κ2) is 14.4. The highest BCUT2D eigenvalue weighted by atomic mass is 32.1. The largest absolute Gasteiger partial charge is 0.480 e. The van der Waals surface area contributed by atoms with Crippen molar-refractivity contribution in [3.05, 3.63) is 106 Å². The molecule has 1 amide bonds. The first kappa shape index (κ1) is 31.9. The third-order valence-corrected chi connectivity index (χ3v) is 8.95. The minimum Gasteiger partial charge on any atom is -0.480 e. The molecule has 4 aromatic rings. The van der Waals surface area contributed by atoms with Crippen molar-refractivity contribution in [3.63, 3.8) is 0 Å². The fraction of sp³-hybridized carbons (Fsp3) is 0.343. The van der Waals surface area contributed by atoms with Crippen LogP contribution in [0.5, 0.6) is 0 Å². The van der Waals surface area contributed by atoms with E-state index in [1.54, 1.807) is 24.3 Å². The van der Waals surface area contributed by atoms with E-state index in [2.05, 4.69) is 86.4 Å². The second-order valence-electron chi connectivity index (χ2n) is 11.2. The number of anilines is 1. The summed E-state index contributed by atoms with van der Waals surface area (Å²) in [6.45, 7) is 9.30. The number of carboxylic acid groups (broad SMARTS) is 1. The number of nitrogens with zero attached hydrogens (tertiary/aromatic N) is 2. The van der Waals surface area contributed by atoms with Crippen molar-refractivity contribution < 1.29 is 14.7 Å². The van der Waals surface area contributed by atoms with E-state index in [1.807, 2.05) is 11.4 Å². The Bertz CT molecular complexity index is 1480. The van der Waals surface area contributed by atoms with Gasteiger partial charge < -0.3 is 15.7 Å². The zero-order valence-corrected chi connectivity index (χ0v) is 26.2. The summed E-state index contributed by atoms with van der Waals surface area (Å²) < 4.78 is 0. The lowest BCUT2D eigenvalue weighted by Gasteiger charge is -2.31. The molecule has 0 fully saturated rings. The third kappa shape index (κ3) is 7.69. The number of carboxylic acids is 1. The Kier molecular flexibility index (Phi) is 10.7. The van der Waals surface area contributed by atoms with Gasteiger partial charge in [0.05, 0.1) is 17.2 Å². The number of nitrogens with two attached hydrogens (primary N) is 1. The van der Waals surface area contributed by atoms with Crippen molar-refractivity contribution in [2.24, 2.45) is 5.73 Å². The molecule has 1 unspecified atom stereocenters. The van der Waals surface area contributed by atoms with E-state index < -0.39 is 24.0 Å². The number of hydrogen-bond acceptors (Lipinski definition) is 6. The zero-order valence-electron chi connectivity index (χ0n) is 25.4. The summed E-state index contributed by atoms with van der Waals surface area (Å²) in [6.07, 6.45) is 2.44. The van der Waals surface area contributed by atoms with Crippen LogP contribution in [-0.4, -0.2) is 34.6 Å². The van der Waals surface area contributed by atoms with E-state index in [9.17, 15) is 14.7 Å². The maximum absolute atomic E-state index is 12.8. The number of rotatable bonds is 15. The zero-order chi connectivity index (χ0) is 31.0. The molecule has 8 heteroatoms. The summed E-state index contributed by atoms with van der Waals surface area (Å²) >= 11 is 1.43. The highest BCUT2D eigenvalue weighted by molar-refractivity contribution is 7.10. The van der Waals surface area contributed by atoms with Gasteiger partial charge in [0, 0.05) is 35.6 Å². The summed E-state index contributed by atoms with van der Waals surface area (Å²) in [5, 5.41) is 14.9. The smallest absolute Gasteiger partial charge is 0.317 e. The van der Waals surface area contributed by atoms with Gasteiger partial charge in [-0.15, -0.1) is 11.3 Å². The van der Waals surface area contributed by atoms with Crippen molar-refractivity contribution >= 4 is 28.9 Å². The molecule has 0 aliphatic heterocycles. The number of amides is 1. The molecule has 1 heterocycles. The van der Waals surface area contributed by atoms with Crippen LogP contribution in [-0.2, 0) is 28.1 Å². The van der Waals surface area contributed by atoms with Crippen LogP contribution in [0.15, 0.2) is 84.2 Å². The van der Waals surface area contributed by atoms with Crippen molar-refractivity contribution in [2.45, 2.75) is 71.0 Å². The Hall–Kier alpha value is -4.01. The number of carbonyl (C=O) groups excluding carboxylic acids is 1. The molecule has 226 valence electrons. The van der Waals surface area contributed by atoms with Crippen LogP contribution >= 0.6 is 11.3 Å². The second-order valence-corrected chi connectivity index (χ2v) is 12.2. The Balaban J connectivity index is 1.52. The highest BCUT2D eigenvalue weighted by Crippen LogP contribution is 2.31. The van der Waals surface area contributed by atoms with Crippen molar-refractivity contribution in [1.82, 2.24) is 10.3 Å². The van der Waals surface area contributed by atoms with Crippen LogP contribution in [0.3, 0.4) is 0 Å². The number of benzene rings is 3. The molecule has 0 saturated heterocycles. The highest BCUT2D eigenvalue weighted by Gasteiger charge is 2.40. The van der Waals surface area contributed by atoms with Gasteiger partial charge in [-0.3, -0.25) is 14.9 Å². The number of nitrogens with one attached hydrogen (secondary N) is 1. The summed E-state index contributed by atoms with van der Waals surface area (Å²) in [5.41, 5.74) is 10.7. The average molecular weight is 599 g/mol. The summed E-state index contributed by atoms with van der Waals surface area (Å²) in [6, 6.07) is 26.8. The Morgan fingerprint density at radius 1 is 0.977 bits per heavy atom. The number of thiazole rings is 1. The normalized spacial score (nSPS) is 12.8. The maximum atomic E-state index is 12.8. The molecule has 4 rings (SSSR count). The van der Waals surface area contributed by atoms with Crippen molar-refractivity contribution in [1.29, 1.82) is 0 Å².